The third-order valence-electron chi connectivity index (χ3n) is 12.8. The molecule has 0 aliphatic heterocycles. The van der Waals surface area contributed by atoms with Crippen molar-refractivity contribution in [1.82, 2.24) is 30.6 Å². The summed E-state index contributed by atoms with van der Waals surface area (Å²) < 4.78 is 11.0. The Balaban J connectivity index is 0.774. The van der Waals surface area contributed by atoms with Gasteiger partial charge in [0.05, 0.1) is 33.1 Å². The van der Waals surface area contributed by atoms with Gasteiger partial charge in [-0.2, -0.15) is 0 Å². The Kier molecular flexibility index (Phi) is 7.25. The Labute approximate surface area is 326 Å². The standard InChI is InChI=1S/C46H50N6O4/c1-41(2,3)55-39(53)51-45-23-43(45,24-45)17-15-37-47-33-13-11-31(21-35(33)49-37)29-9-7-28-20-30(10-8-27(28)19-29)32-12-14-34-36(22-32)50-38(48-34)16-18-44-25-46(44,26-44)52-40(54)56-42(4,5)6/h7-14,19-22H,15-18,23-26H2,1-6H3,(H,47,49)(H,48,50)(H,51,53)(H,52,54). The summed E-state index contributed by atoms with van der Waals surface area (Å²) in [6.45, 7) is 11.4. The van der Waals surface area contributed by atoms with Gasteiger partial charge in [0.1, 0.15) is 22.9 Å². The lowest BCUT2D eigenvalue weighted by Gasteiger charge is -2.20. The van der Waals surface area contributed by atoms with Gasteiger partial charge in [0, 0.05) is 12.8 Å². The summed E-state index contributed by atoms with van der Waals surface area (Å²) >= 11 is 0. The van der Waals surface area contributed by atoms with Crippen molar-refractivity contribution < 1.29 is 19.1 Å². The summed E-state index contributed by atoms with van der Waals surface area (Å²) in [5.74, 6) is 1.98. The van der Waals surface area contributed by atoms with Crippen LogP contribution in [-0.4, -0.2) is 54.4 Å². The molecule has 4 N–H and O–H groups in total. The van der Waals surface area contributed by atoms with Gasteiger partial charge < -0.3 is 30.1 Å². The summed E-state index contributed by atoms with van der Waals surface area (Å²) in [5.41, 5.74) is 7.90. The number of nitrogens with one attached hydrogen (secondary N) is 4. The topological polar surface area (TPSA) is 134 Å². The molecular weight excluding hydrogens is 701 g/mol. The first kappa shape index (κ1) is 35.1. The van der Waals surface area contributed by atoms with E-state index in [1.807, 2.05) is 41.5 Å². The lowest BCUT2D eigenvalue weighted by atomic mass is 9.97. The van der Waals surface area contributed by atoms with Gasteiger partial charge in [0.15, 0.2) is 0 Å². The number of hydrogen-bond acceptors (Lipinski definition) is 6. The van der Waals surface area contributed by atoms with E-state index < -0.39 is 11.2 Å². The van der Waals surface area contributed by atoms with Crippen molar-refractivity contribution in [2.75, 3.05) is 0 Å². The molecule has 0 spiro atoms. The molecule has 4 aromatic carbocycles. The van der Waals surface area contributed by atoms with E-state index in [1.54, 1.807) is 0 Å². The molecule has 288 valence electrons. The number of amides is 2. The number of alkyl carbamates (subject to hydrolysis) is 2. The average Bonchev–Trinajstić information content (AvgIpc) is 4.02. The van der Waals surface area contributed by atoms with Gasteiger partial charge in [0.2, 0.25) is 0 Å². The van der Waals surface area contributed by atoms with Crippen molar-refractivity contribution in [1.29, 1.82) is 0 Å². The van der Waals surface area contributed by atoms with Crippen LogP contribution in [0.3, 0.4) is 0 Å². The lowest BCUT2D eigenvalue weighted by molar-refractivity contribution is 0.0498. The number of hydrogen-bond donors (Lipinski definition) is 4. The first-order valence-electron chi connectivity index (χ1n) is 20.1. The molecule has 0 radical (unpaired) electrons. The van der Waals surface area contributed by atoms with Crippen molar-refractivity contribution in [3.63, 3.8) is 0 Å². The Morgan fingerprint density at radius 2 is 0.964 bits per heavy atom. The molecule has 10 heteroatoms. The van der Waals surface area contributed by atoms with Crippen LogP contribution in [-0.2, 0) is 22.3 Å². The molecule has 2 heterocycles. The third-order valence-corrected chi connectivity index (χ3v) is 12.8. The van der Waals surface area contributed by atoms with Crippen LogP contribution in [0, 0.1) is 10.8 Å². The van der Waals surface area contributed by atoms with Crippen molar-refractivity contribution in [2.45, 2.75) is 115 Å². The number of carbonyl (C=O) groups excluding carboxylic acids is 2. The Hall–Kier alpha value is -5.38. The molecule has 10 rings (SSSR count). The largest absolute Gasteiger partial charge is 0.444 e. The number of aromatic amines is 2. The van der Waals surface area contributed by atoms with Crippen LogP contribution in [0.4, 0.5) is 9.59 Å². The molecule has 6 aromatic rings. The second-order valence-electron chi connectivity index (χ2n) is 19.3. The number of H-pyrrole nitrogens is 2. The van der Waals surface area contributed by atoms with E-state index in [0.717, 1.165) is 107 Å². The number of benzene rings is 4. The summed E-state index contributed by atoms with van der Waals surface area (Å²) in [6, 6.07) is 26.2. The van der Waals surface area contributed by atoms with E-state index in [9.17, 15) is 9.59 Å². The molecule has 0 atom stereocenters. The molecule has 56 heavy (non-hydrogen) atoms. The average molecular weight is 751 g/mol. The molecule has 2 aromatic heterocycles. The van der Waals surface area contributed by atoms with Crippen molar-refractivity contribution in [3.8, 4) is 22.3 Å². The number of fused-ring (bicyclic) bond motifs is 5. The zero-order valence-electron chi connectivity index (χ0n) is 33.1. The first-order chi connectivity index (χ1) is 26.5. The van der Waals surface area contributed by atoms with Gasteiger partial charge in [-0.25, -0.2) is 19.6 Å². The fourth-order valence-electron chi connectivity index (χ4n) is 9.34. The minimum Gasteiger partial charge on any atom is -0.444 e. The molecule has 4 aliphatic carbocycles. The minimum atomic E-state index is -0.492. The van der Waals surface area contributed by atoms with Gasteiger partial charge in [0.25, 0.3) is 0 Å². The van der Waals surface area contributed by atoms with Gasteiger partial charge >= 0.3 is 12.2 Å². The highest BCUT2D eigenvalue weighted by molar-refractivity contribution is 5.93. The maximum atomic E-state index is 12.3. The molecule has 4 fully saturated rings. The van der Waals surface area contributed by atoms with Crippen LogP contribution in [0.2, 0.25) is 0 Å². The first-order valence-corrected chi connectivity index (χ1v) is 20.1. The summed E-state index contributed by atoms with van der Waals surface area (Å²) in [7, 11) is 0. The highest BCUT2D eigenvalue weighted by Gasteiger charge is 2.84. The highest BCUT2D eigenvalue weighted by Crippen LogP contribution is 2.81. The lowest BCUT2D eigenvalue weighted by Crippen LogP contribution is -2.36. The predicted molar refractivity (Wildman–Crippen MR) is 218 cm³/mol. The summed E-state index contributed by atoms with van der Waals surface area (Å²) in [5, 5.41) is 8.65. The monoisotopic (exact) mass is 750 g/mol. The minimum absolute atomic E-state index is 0.0743. The highest BCUT2D eigenvalue weighted by atomic mass is 16.6. The van der Waals surface area contributed by atoms with Crippen LogP contribution in [0.1, 0.15) is 91.7 Å². The number of nitrogens with zero attached hydrogens (tertiary/aromatic N) is 2. The maximum Gasteiger partial charge on any atom is 0.408 e. The Morgan fingerprint density at radius 1 is 0.589 bits per heavy atom. The van der Waals surface area contributed by atoms with E-state index >= 15 is 0 Å². The fraction of sp³-hybridized carbons (Fsp3) is 0.435. The quantitative estimate of drug-likeness (QED) is 0.110. The smallest absolute Gasteiger partial charge is 0.408 e. The van der Waals surface area contributed by atoms with Crippen LogP contribution >= 0.6 is 0 Å². The van der Waals surface area contributed by atoms with E-state index in [0.29, 0.717) is 0 Å². The number of aryl methyl sites for hydroxylation is 2. The third kappa shape index (κ3) is 6.27. The Bertz CT molecular complexity index is 2410. The van der Waals surface area contributed by atoms with E-state index in [1.165, 1.54) is 10.8 Å². The summed E-state index contributed by atoms with van der Waals surface area (Å²) in [4.78, 5) is 41.6. The van der Waals surface area contributed by atoms with Gasteiger partial charge in [-0.15, -0.1) is 0 Å². The number of imidazole rings is 2. The summed E-state index contributed by atoms with van der Waals surface area (Å²) in [6.07, 6.45) is 7.17. The zero-order chi connectivity index (χ0) is 38.9. The molecule has 0 saturated heterocycles. The zero-order valence-corrected chi connectivity index (χ0v) is 33.1. The predicted octanol–water partition coefficient (Wildman–Crippen LogP) is 9.91. The van der Waals surface area contributed by atoms with Crippen molar-refractivity contribution >= 4 is 45.0 Å². The number of aromatic nitrogens is 4. The molecule has 4 aliphatic rings. The van der Waals surface area contributed by atoms with Crippen molar-refractivity contribution in [2.24, 2.45) is 10.8 Å². The van der Waals surface area contributed by atoms with E-state index in [2.05, 4.69) is 93.4 Å². The SMILES string of the molecule is CC(C)(C)OC(=O)NC12CC1(CCc1nc3ccc(-c4ccc5cc(-c6ccc7nc(CCC89CC8(NC(=O)OC(C)(C)C)C9)[nH]c7c6)ccc5c4)cc3[nH]1)C2. The van der Waals surface area contributed by atoms with E-state index in [-0.39, 0.29) is 34.1 Å². The molecule has 2 amide bonds. The maximum absolute atomic E-state index is 12.3. The van der Waals surface area contributed by atoms with Crippen LogP contribution in [0.5, 0.6) is 0 Å². The fourth-order valence-corrected chi connectivity index (χ4v) is 9.34. The van der Waals surface area contributed by atoms with Crippen molar-refractivity contribution in [3.05, 3.63) is 84.4 Å². The van der Waals surface area contributed by atoms with Crippen LogP contribution < -0.4 is 10.6 Å². The Morgan fingerprint density at radius 3 is 1.36 bits per heavy atom. The number of ether oxygens (including phenoxy) is 2. The number of carbonyl (C=O) groups is 2. The number of rotatable bonds is 10. The molecule has 10 nitrogen and oxygen atoms in total. The van der Waals surface area contributed by atoms with E-state index in [4.69, 9.17) is 19.4 Å². The molecule has 4 saturated carbocycles. The molecular formula is C46H50N6O4. The normalized spacial score (nSPS) is 25.8. The van der Waals surface area contributed by atoms with Gasteiger partial charge in [-0.05, 0) is 160 Å². The molecule has 0 unspecified atom stereocenters. The van der Waals surface area contributed by atoms with Gasteiger partial charge in [-0.3, -0.25) is 0 Å². The van der Waals surface area contributed by atoms with Crippen LogP contribution in [0.25, 0.3) is 55.1 Å². The molecule has 0 bridgehead atoms. The second-order valence-corrected chi connectivity index (χ2v) is 19.3. The van der Waals surface area contributed by atoms with Crippen LogP contribution in [0.15, 0.2) is 72.8 Å². The second kappa shape index (κ2) is 11.6. The van der Waals surface area contributed by atoms with Gasteiger partial charge in [-0.1, -0.05) is 36.4 Å².